The molecule has 1 amide bonds. The Hall–Kier alpha value is -3.92. The third kappa shape index (κ3) is 5.91. The van der Waals surface area contributed by atoms with E-state index in [1.165, 1.54) is 18.9 Å². The number of ether oxygens (including phenoxy) is 4. The number of hydrogen-bond donors (Lipinski definition) is 1. The van der Waals surface area contributed by atoms with Gasteiger partial charge in [0, 0.05) is 11.9 Å². The van der Waals surface area contributed by atoms with Crippen LogP contribution in [-0.2, 0) is 14.3 Å². The lowest BCUT2D eigenvalue weighted by Crippen LogP contribution is -2.34. The number of nitrogens with one attached hydrogen (secondary N) is 1. The summed E-state index contributed by atoms with van der Waals surface area (Å²) < 4.78 is 22.1. The number of thioether (sulfide) groups is 1. The summed E-state index contributed by atoms with van der Waals surface area (Å²) in [7, 11) is 1.53. The number of rotatable bonds is 10. The number of aliphatic imine (C=N–C) groups is 1. The second kappa shape index (κ2) is 11.9. The number of fused-ring (bicyclic) bond motifs is 1. The molecular weight excluding hydrogens is 494 g/mol. The summed E-state index contributed by atoms with van der Waals surface area (Å²) in [6.07, 6.45) is 1.89. The first-order valence-corrected chi connectivity index (χ1v) is 12.7. The Balaban J connectivity index is 1.50. The van der Waals surface area contributed by atoms with Crippen LogP contribution in [0.3, 0.4) is 0 Å². The van der Waals surface area contributed by atoms with Gasteiger partial charge in [0.25, 0.3) is 5.91 Å². The van der Waals surface area contributed by atoms with Crippen LogP contribution < -0.4 is 19.5 Å². The third-order valence-electron chi connectivity index (χ3n) is 5.63. The van der Waals surface area contributed by atoms with Gasteiger partial charge in [-0.1, -0.05) is 17.8 Å². The smallest absolute Gasteiger partial charge is 0.338 e. The molecule has 0 fully saturated rings. The molecule has 0 radical (unpaired) electrons. The highest BCUT2D eigenvalue weighted by atomic mass is 32.2. The van der Waals surface area contributed by atoms with E-state index in [2.05, 4.69) is 10.3 Å². The van der Waals surface area contributed by atoms with E-state index in [0.717, 1.165) is 16.5 Å². The Morgan fingerprint density at radius 3 is 2.54 bits per heavy atom. The van der Waals surface area contributed by atoms with Gasteiger partial charge >= 0.3 is 5.97 Å². The predicted molar refractivity (Wildman–Crippen MR) is 143 cm³/mol. The Bertz CT molecular complexity index is 1260. The van der Waals surface area contributed by atoms with Crippen molar-refractivity contribution in [2.24, 2.45) is 4.99 Å². The van der Waals surface area contributed by atoms with Gasteiger partial charge in [-0.05, 0) is 68.1 Å². The summed E-state index contributed by atoms with van der Waals surface area (Å²) >= 11 is 1.49. The summed E-state index contributed by atoms with van der Waals surface area (Å²) in [5.74, 6) is 0.848. The molecule has 4 rings (SSSR count). The molecule has 2 aromatic carbocycles. The summed E-state index contributed by atoms with van der Waals surface area (Å²) in [5, 5.41) is 5.49. The first-order valence-electron chi connectivity index (χ1n) is 11.9. The second-order valence-electron chi connectivity index (χ2n) is 8.03. The third-order valence-corrected chi connectivity index (χ3v) is 6.40. The normalized spacial score (nSPS) is 16.2. The number of nitrogens with zero attached hydrogens (tertiary/aromatic N) is 2. The minimum atomic E-state index is -0.441. The lowest BCUT2D eigenvalue weighted by Gasteiger charge is -2.33. The maximum atomic E-state index is 12.9. The standard InChI is InChI=1S/C27H29N3O6S/c1-5-34-20-10-8-19(9-11-20)29-23(31)16-36-21-12-7-18(15-22(21)33-4)25-24(26(32)35-6-2)17(3)28-27-30(25)13-14-37-27/h7-15,25H,5-6,16H2,1-4H3,(H,29,31)/t25-/m1/s1. The van der Waals surface area contributed by atoms with Gasteiger partial charge in [-0.25, -0.2) is 9.79 Å². The fraction of sp³-hybridized carbons (Fsp3) is 0.296. The monoisotopic (exact) mass is 523 g/mol. The summed E-state index contributed by atoms with van der Waals surface area (Å²) in [6.45, 7) is 6.12. The fourth-order valence-electron chi connectivity index (χ4n) is 4.01. The van der Waals surface area contributed by atoms with E-state index in [1.807, 2.05) is 29.5 Å². The minimum absolute atomic E-state index is 0.207. The minimum Gasteiger partial charge on any atom is -0.494 e. The Morgan fingerprint density at radius 1 is 1.05 bits per heavy atom. The first kappa shape index (κ1) is 26.2. The molecule has 0 aliphatic carbocycles. The van der Waals surface area contributed by atoms with E-state index in [4.69, 9.17) is 18.9 Å². The molecule has 1 atom stereocenters. The maximum Gasteiger partial charge on any atom is 0.338 e. The quantitative estimate of drug-likeness (QED) is 0.440. The maximum absolute atomic E-state index is 12.9. The van der Waals surface area contributed by atoms with Crippen LogP contribution in [0.4, 0.5) is 5.69 Å². The van der Waals surface area contributed by atoms with Gasteiger partial charge < -0.3 is 29.2 Å². The molecule has 0 saturated carbocycles. The van der Waals surface area contributed by atoms with E-state index in [-0.39, 0.29) is 19.1 Å². The molecule has 2 aliphatic rings. The van der Waals surface area contributed by atoms with Gasteiger partial charge in [0.2, 0.25) is 0 Å². The fourth-order valence-corrected chi connectivity index (χ4v) is 4.80. The number of anilines is 1. The highest BCUT2D eigenvalue weighted by molar-refractivity contribution is 8.16. The summed E-state index contributed by atoms with van der Waals surface area (Å²) in [5.41, 5.74) is 2.50. The highest BCUT2D eigenvalue weighted by Crippen LogP contribution is 2.43. The molecule has 9 nitrogen and oxygen atoms in total. The average molecular weight is 524 g/mol. The molecule has 10 heteroatoms. The topological polar surface area (TPSA) is 98.7 Å². The molecular formula is C27H29N3O6S. The van der Waals surface area contributed by atoms with Gasteiger partial charge in [-0.2, -0.15) is 0 Å². The zero-order valence-electron chi connectivity index (χ0n) is 21.1. The first-order chi connectivity index (χ1) is 17.9. The number of benzene rings is 2. The highest BCUT2D eigenvalue weighted by Gasteiger charge is 2.37. The van der Waals surface area contributed by atoms with Crippen LogP contribution in [-0.4, -0.2) is 48.9 Å². The number of methoxy groups -OCH3 is 1. The summed E-state index contributed by atoms with van der Waals surface area (Å²) in [4.78, 5) is 31.8. The summed E-state index contributed by atoms with van der Waals surface area (Å²) in [6, 6.07) is 12.0. The second-order valence-corrected chi connectivity index (χ2v) is 8.90. The van der Waals surface area contributed by atoms with Crippen molar-refractivity contribution in [3.8, 4) is 17.2 Å². The molecule has 1 N–H and O–H groups in total. The van der Waals surface area contributed by atoms with Crippen LogP contribution >= 0.6 is 11.8 Å². The Morgan fingerprint density at radius 2 is 1.84 bits per heavy atom. The van der Waals surface area contributed by atoms with Crippen LogP contribution in [0.1, 0.15) is 32.4 Å². The zero-order valence-corrected chi connectivity index (χ0v) is 22.0. The van der Waals surface area contributed by atoms with Crippen molar-refractivity contribution < 1.29 is 28.5 Å². The molecule has 0 unspecified atom stereocenters. The van der Waals surface area contributed by atoms with Gasteiger partial charge in [-0.3, -0.25) is 4.79 Å². The number of carbonyl (C=O) groups excluding carboxylic acids is 2. The van der Waals surface area contributed by atoms with Gasteiger partial charge in [0.15, 0.2) is 23.3 Å². The zero-order chi connectivity index (χ0) is 26.4. The number of carbonyl (C=O) groups is 2. The van der Waals surface area contributed by atoms with Gasteiger partial charge in [0.1, 0.15) is 5.75 Å². The van der Waals surface area contributed by atoms with Crippen molar-refractivity contribution in [2.45, 2.75) is 26.8 Å². The predicted octanol–water partition coefficient (Wildman–Crippen LogP) is 4.88. The largest absolute Gasteiger partial charge is 0.494 e. The molecule has 2 heterocycles. The Labute approximate surface area is 220 Å². The van der Waals surface area contributed by atoms with Crippen LogP contribution in [0.2, 0.25) is 0 Å². The molecule has 37 heavy (non-hydrogen) atoms. The Kier molecular flexibility index (Phi) is 8.39. The van der Waals surface area contributed by atoms with E-state index in [1.54, 1.807) is 50.2 Å². The van der Waals surface area contributed by atoms with Crippen molar-refractivity contribution in [1.82, 2.24) is 4.90 Å². The van der Waals surface area contributed by atoms with Crippen LogP contribution in [0.15, 0.2) is 70.3 Å². The molecule has 0 saturated heterocycles. The van der Waals surface area contributed by atoms with Crippen molar-refractivity contribution in [2.75, 3.05) is 32.2 Å². The van der Waals surface area contributed by atoms with Gasteiger partial charge in [-0.15, -0.1) is 0 Å². The average Bonchev–Trinajstić information content (AvgIpc) is 3.36. The van der Waals surface area contributed by atoms with Crippen LogP contribution in [0.5, 0.6) is 17.2 Å². The number of amides is 1. The van der Waals surface area contributed by atoms with E-state index in [9.17, 15) is 9.59 Å². The van der Waals surface area contributed by atoms with Crippen molar-refractivity contribution >= 4 is 34.5 Å². The van der Waals surface area contributed by atoms with Crippen LogP contribution in [0.25, 0.3) is 0 Å². The number of esters is 1. The van der Waals surface area contributed by atoms with E-state index >= 15 is 0 Å². The SMILES string of the molecule is CCOC(=O)C1=C(C)N=C2SC=CN2[C@@H]1c1ccc(OCC(=O)Nc2ccc(OCC)cc2)c(OC)c1. The lowest BCUT2D eigenvalue weighted by atomic mass is 9.94. The molecule has 2 aromatic rings. The molecule has 0 spiro atoms. The van der Waals surface area contributed by atoms with Crippen molar-refractivity contribution in [3.05, 3.63) is 70.9 Å². The van der Waals surface area contributed by atoms with E-state index in [0.29, 0.717) is 35.1 Å². The number of hydrogen-bond acceptors (Lipinski definition) is 9. The molecule has 0 bridgehead atoms. The number of amidine groups is 1. The van der Waals surface area contributed by atoms with Crippen molar-refractivity contribution in [1.29, 1.82) is 0 Å². The molecule has 2 aliphatic heterocycles. The molecule has 0 aromatic heterocycles. The van der Waals surface area contributed by atoms with Crippen LogP contribution in [0, 0.1) is 0 Å². The number of allylic oxidation sites excluding steroid dienone is 1. The van der Waals surface area contributed by atoms with Gasteiger partial charge in [0.05, 0.1) is 37.6 Å². The van der Waals surface area contributed by atoms with Crippen molar-refractivity contribution in [3.63, 3.8) is 0 Å². The molecule has 194 valence electrons. The lowest BCUT2D eigenvalue weighted by molar-refractivity contribution is -0.139. The van der Waals surface area contributed by atoms with E-state index < -0.39 is 12.0 Å².